The Morgan fingerprint density at radius 2 is 1.69 bits per heavy atom. The fourth-order valence-electron chi connectivity index (χ4n) is 4.73. The number of alkyl halides is 1. The van der Waals surface area contributed by atoms with Crippen LogP contribution in [-0.2, 0) is 4.74 Å². The van der Waals surface area contributed by atoms with Gasteiger partial charge in [-0.3, -0.25) is 4.39 Å². The second kappa shape index (κ2) is 14.5. The summed E-state index contributed by atoms with van der Waals surface area (Å²) in [6, 6.07) is 20.7. The molecule has 39 heavy (non-hydrogen) atoms. The molecule has 1 heterocycles. The van der Waals surface area contributed by atoms with Crippen molar-refractivity contribution in [1.82, 2.24) is 5.32 Å². The Morgan fingerprint density at radius 1 is 0.923 bits per heavy atom. The standard InChI is InChI=1S/C33H38FNO4/c1-24-30-23-29(37)15-16-31(30)39-33(32(24)27-9-6-10-28(36)22-27)26-13-11-25(12-14-26)8-7-19-35-18-3-5-21-38-20-4-2-17-34/h6-16,22-23,33,35-37H,2-5,17-21H2,1H3/b8-7+. The normalized spacial score (nSPS) is 15.0. The number of nitrogens with one attached hydrogen (secondary N) is 1. The van der Waals surface area contributed by atoms with Crippen molar-refractivity contribution in [3.8, 4) is 17.2 Å². The van der Waals surface area contributed by atoms with Gasteiger partial charge < -0.3 is 25.0 Å². The summed E-state index contributed by atoms with van der Waals surface area (Å²) in [4.78, 5) is 0. The summed E-state index contributed by atoms with van der Waals surface area (Å²) < 4.78 is 24.0. The molecule has 6 heteroatoms. The lowest BCUT2D eigenvalue weighted by molar-refractivity contribution is 0.125. The Morgan fingerprint density at radius 3 is 2.46 bits per heavy atom. The number of fused-ring (bicyclic) bond motifs is 1. The molecule has 3 aromatic rings. The van der Waals surface area contributed by atoms with E-state index in [1.807, 2.05) is 19.1 Å². The molecular formula is C33H38FNO4. The maximum absolute atomic E-state index is 12.0. The molecule has 0 bridgehead atoms. The predicted molar refractivity (Wildman–Crippen MR) is 156 cm³/mol. The topological polar surface area (TPSA) is 71.0 Å². The molecule has 0 saturated heterocycles. The van der Waals surface area contributed by atoms with Gasteiger partial charge in [-0.2, -0.15) is 0 Å². The zero-order valence-corrected chi connectivity index (χ0v) is 22.5. The van der Waals surface area contributed by atoms with Crippen LogP contribution in [0.1, 0.15) is 61.0 Å². The lowest BCUT2D eigenvalue weighted by Crippen LogP contribution is -2.16. The molecule has 206 valence electrons. The van der Waals surface area contributed by atoms with Gasteiger partial charge in [0.2, 0.25) is 0 Å². The first-order chi connectivity index (χ1) is 19.1. The summed E-state index contributed by atoms with van der Waals surface area (Å²) in [5, 5.41) is 23.6. The number of phenols is 2. The van der Waals surface area contributed by atoms with Gasteiger partial charge in [0.15, 0.2) is 0 Å². The maximum atomic E-state index is 12.0. The van der Waals surface area contributed by atoms with E-state index in [-0.39, 0.29) is 24.3 Å². The molecule has 3 N–H and O–H groups in total. The lowest BCUT2D eigenvalue weighted by Gasteiger charge is -2.31. The van der Waals surface area contributed by atoms with E-state index in [4.69, 9.17) is 9.47 Å². The highest BCUT2D eigenvalue weighted by Gasteiger charge is 2.29. The Labute approximate surface area is 230 Å². The van der Waals surface area contributed by atoms with E-state index in [0.717, 1.165) is 78.1 Å². The lowest BCUT2D eigenvalue weighted by atomic mass is 9.86. The van der Waals surface area contributed by atoms with E-state index < -0.39 is 0 Å². The number of aromatic hydroxyl groups is 2. The Hall–Kier alpha value is -3.61. The minimum Gasteiger partial charge on any atom is -0.508 e. The minimum absolute atomic E-state index is 0.187. The Balaban J connectivity index is 1.36. The third kappa shape index (κ3) is 7.94. The van der Waals surface area contributed by atoms with Crippen LogP contribution in [0.4, 0.5) is 4.39 Å². The third-order valence-electron chi connectivity index (χ3n) is 6.81. The van der Waals surface area contributed by atoms with E-state index in [1.54, 1.807) is 30.3 Å². The van der Waals surface area contributed by atoms with E-state index in [1.165, 1.54) is 0 Å². The van der Waals surface area contributed by atoms with Gasteiger partial charge in [-0.05, 0) is 91.7 Å². The molecule has 0 fully saturated rings. The molecule has 0 radical (unpaired) electrons. The van der Waals surface area contributed by atoms with Crippen molar-refractivity contribution < 1.29 is 24.1 Å². The molecule has 0 amide bonds. The molecule has 0 aliphatic carbocycles. The van der Waals surface area contributed by atoms with Crippen LogP contribution in [0.3, 0.4) is 0 Å². The van der Waals surface area contributed by atoms with Gasteiger partial charge in [-0.25, -0.2) is 0 Å². The predicted octanol–water partition coefficient (Wildman–Crippen LogP) is 7.31. The molecular weight excluding hydrogens is 493 g/mol. The largest absolute Gasteiger partial charge is 0.508 e. The monoisotopic (exact) mass is 531 g/mol. The van der Waals surface area contributed by atoms with Crippen LogP contribution in [0.25, 0.3) is 17.2 Å². The quantitative estimate of drug-likeness (QED) is 0.190. The van der Waals surface area contributed by atoms with E-state index in [9.17, 15) is 14.6 Å². The van der Waals surface area contributed by atoms with Crippen molar-refractivity contribution in [2.45, 2.75) is 38.7 Å². The first-order valence-electron chi connectivity index (χ1n) is 13.7. The summed E-state index contributed by atoms with van der Waals surface area (Å²) in [5.41, 5.74) is 5.79. The first-order valence-corrected chi connectivity index (χ1v) is 13.7. The van der Waals surface area contributed by atoms with E-state index >= 15 is 0 Å². The molecule has 4 rings (SSSR count). The SMILES string of the molecule is CC1=C(c2cccc(O)c2)C(c2ccc(/C=C/CNCCCCOCCCCF)cc2)Oc2ccc(O)cc21. The van der Waals surface area contributed by atoms with Crippen molar-refractivity contribution in [3.63, 3.8) is 0 Å². The fourth-order valence-corrected chi connectivity index (χ4v) is 4.73. The van der Waals surface area contributed by atoms with Crippen LogP contribution in [0.2, 0.25) is 0 Å². The van der Waals surface area contributed by atoms with Crippen molar-refractivity contribution in [2.24, 2.45) is 0 Å². The van der Waals surface area contributed by atoms with Crippen LogP contribution in [0.5, 0.6) is 17.2 Å². The number of benzene rings is 3. The van der Waals surface area contributed by atoms with Crippen LogP contribution < -0.4 is 10.1 Å². The van der Waals surface area contributed by atoms with Crippen LogP contribution in [0.15, 0.2) is 72.8 Å². The number of unbranched alkanes of at least 4 members (excludes halogenated alkanes) is 2. The maximum Gasteiger partial charge on any atom is 0.150 e. The molecule has 1 aliphatic rings. The van der Waals surface area contributed by atoms with Crippen LogP contribution in [-0.4, -0.2) is 43.2 Å². The Bertz CT molecular complexity index is 1270. The number of halogens is 1. The molecule has 1 aliphatic heterocycles. The van der Waals surface area contributed by atoms with Crippen LogP contribution >= 0.6 is 0 Å². The summed E-state index contributed by atoms with van der Waals surface area (Å²) >= 11 is 0. The average Bonchev–Trinajstić information content (AvgIpc) is 2.94. The molecule has 0 spiro atoms. The third-order valence-corrected chi connectivity index (χ3v) is 6.81. The summed E-state index contributed by atoms with van der Waals surface area (Å²) in [5.74, 6) is 1.10. The number of hydrogen-bond acceptors (Lipinski definition) is 5. The second-order valence-electron chi connectivity index (χ2n) is 9.76. The molecule has 1 unspecified atom stereocenters. The van der Waals surface area contributed by atoms with Gasteiger partial charge in [0.1, 0.15) is 23.4 Å². The summed E-state index contributed by atoms with van der Waals surface area (Å²) in [6.07, 6.45) is 7.29. The number of hydrogen-bond donors (Lipinski definition) is 3. The smallest absolute Gasteiger partial charge is 0.150 e. The fraction of sp³-hybridized carbons (Fsp3) is 0.333. The summed E-state index contributed by atoms with van der Waals surface area (Å²) in [6.45, 7) is 4.86. The molecule has 3 aromatic carbocycles. The van der Waals surface area contributed by atoms with Crippen molar-refractivity contribution in [2.75, 3.05) is 33.0 Å². The molecule has 0 aromatic heterocycles. The molecule has 1 atom stereocenters. The van der Waals surface area contributed by atoms with Gasteiger partial charge in [-0.1, -0.05) is 48.6 Å². The number of ether oxygens (including phenoxy) is 2. The highest BCUT2D eigenvalue weighted by atomic mass is 19.1. The average molecular weight is 532 g/mol. The zero-order chi connectivity index (χ0) is 27.5. The van der Waals surface area contributed by atoms with Crippen molar-refractivity contribution in [1.29, 1.82) is 0 Å². The second-order valence-corrected chi connectivity index (χ2v) is 9.76. The van der Waals surface area contributed by atoms with Gasteiger partial charge in [0, 0.05) is 30.9 Å². The van der Waals surface area contributed by atoms with Gasteiger partial charge in [-0.15, -0.1) is 0 Å². The van der Waals surface area contributed by atoms with Gasteiger partial charge in [0.25, 0.3) is 0 Å². The van der Waals surface area contributed by atoms with Gasteiger partial charge >= 0.3 is 0 Å². The van der Waals surface area contributed by atoms with Gasteiger partial charge in [0.05, 0.1) is 6.67 Å². The zero-order valence-electron chi connectivity index (χ0n) is 22.5. The first kappa shape index (κ1) is 28.4. The van der Waals surface area contributed by atoms with Crippen molar-refractivity contribution in [3.05, 3.63) is 95.1 Å². The highest BCUT2D eigenvalue weighted by Crippen LogP contribution is 2.47. The summed E-state index contributed by atoms with van der Waals surface area (Å²) in [7, 11) is 0. The van der Waals surface area contributed by atoms with E-state index in [2.05, 4.69) is 41.7 Å². The number of rotatable bonds is 14. The number of phenolic OH excluding ortho intramolecular Hbond substituents is 2. The minimum atomic E-state index is -0.351. The number of allylic oxidation sites excluding steroid dienone is 1. The van der Waals surface area contributed by atoms with Crippen molar-refractivity contribution >= 4 is 17.2 Å². The van der Waals surface area contributed by atoms with E-state index in [0.29, 0.717) is 13.0 Å². The molecule has 0 saturated carbocycles. The Kier molecular flexibility index (Phi) is 10.6. The highest BCUT2D eigenvalue weighted by molar-refractivity contribution is 5.95. The van der Waals surface area contributed by atoms with Crippen LogP contribution in [0, 0.1) is 0 Å². The molecule has 5 nitrogen and oxygen atoms in total.